The van der Waals surface area contributed by atoms with Crippen LogP contribution in [0.1, 0.15) is 39.5 Å². The van der Waals surface area contributed by atoms with Crippen molar-refractivity contribution >= 4 is 5.97 Å². The van der Waals surface area contributed by atoms with Crippen molar-refractivity contribution in [1.29, 1.82) is 0 Å². The molecule has 1 saturated carbocycles. The van der Waals surface area contributed by atoms with E-state index < -0.39 is 5.79 Å². The molecule has 0 bridgehead atoms. The van der Waals surface area contributed by atoms with E-state index in [0.717, 1.165) is 19.3 Å². The number of carbonyl (C=O) groups excluding carboxylic acids is 1. The fourth-order valence-electron chi connectivity index (χ4n) is 2.96. The van der Waals surface area contributed by atoms with Crippen LogP contribution in [0.5, 0.6) is 0 Å². The number of aliphatic hydroxyl groups excluding tert-OH is 1. The predicted octanol–water partition coefficient (Wildman–Crippen LogP) is 2.22. The van der Waals surface area contributed by atoms with Crippen LogP contribution in [-0.4, -0.2) is 23.5 Å². The summed E-state index contributed by atoms with van der Waals surface area (Å²) in [4.78, 5) is 11.8. The largest absolute Gasteiger partial charge is 0.458 e. The first kappa shape index (κ1) is 13.4. The van der Waals surface area contributed by atoms with Crippen molar-refractivity contribution in [3.63, 3.8) is 0 Å². The monoisotopic (exact) mass is 254 g/mol. The highest BCUT2D eigenvalue weighted by Gasteiger charge is 2.50. The highest BCUT2D eigenvalue weighted by Crippen LogP contribution is 2.45. The van der Waals surface area contributed by atoms with Crippen LogP contribution in [0.2, 0.25) is 0 Å². The molecule has 2 rings (SSSR count). The van der Waals surface area contributed by atoms with Gasteiger partial charge in [0.15, 0.2) is 0 Å². The first-order valence-electron chi connectivity index (χ1n) is 6.74. The van der Waals surface area contributed by atoms with E-state index in [1.807, 2.05) is 19.9 Å². The second-order valence-corrected chi connectivity index (χ2v) is 5.69. The van der Waals surface area contributed by atoms with E-state index in [-0.39, 0.29) is 24.4 Å². The fraction of sp³-hybridized carbons (Fsp3) is 0.786. The lowest BCUT2D eigenvalue weighted by Gasteiger charge is -2.40. The van der Waals surface area contributed by atoms with E-state index in [4.69, 9.17) is 9.47 Å². The molecule has 1 heterocycles. The molecule has 4 nitrogen and oxygen atoms in total. The van der Waals surface area contributed by atoms with Crippen molar-refractivity contribution in [2.24, 2.45) is 17.8 Å². The molecule has 0 saturated heterocycles. The van der Waals surface area contributed by atoms with E-state index in [0.29, 0.717) is 12.3 Å². The lowest BCUT2D eigenvalue weighted by Crippen LogP contribution is -2.50. The molecular weight excluding hydrogens is 232 g/mol. The van der Waals surface area contributed by atoms with Gasteiger partial charge in [-0.1, -0.05) is 20.3 Å². The average molecular weight is 254 g/mol. The fourth-order valence-corrected chi connectivity index (χ4v) is 2.96. The molecule has 3 atom stereocenters. The number of ether oxygens (including phenoxy) is 2. The van der Waals surface area contributed by atoms with Gasteiger partial charge in [-0.2, -0.15) is 0 Å². The minimum absolute atomic E-state index is 0.0867. The van der Waals surface area contributed by atoms with Gasteiger partial charge in [-0.05, 0) is 30.8 Å². The normalized spacial score (nSPS) is 34.2. The van der Waals surface area contributed by atoms with Gasteiger partial charge in [0.1, 0.15) is 6.61 Å². The molecule has 1 aliphatic heterocycles. The highest BCUT2D eigenvalue weighted by molar-refractivity contribution is 5.70. The van der Waals surface area contributed by atoms with Gasteiger partial charge in [0.05, 0.1) is 6.26 Å². The lowest BCUT2D eigenvalue weighted by molar-refractivity contribution is -0.258. The zero-order valence-corrected chi connectivity index (χ0v) is 11.1. The van der Waals surface area contributed by atoms with Gasteiger partial charge in [0.25, 0.3) is 5.79 Å². The maximum atomic E-state index is 11.8. The molecule has 4 heteroatoms. The first-order valence-corrected chi connectivity index (χ1v) is 6.74. The summed E-state index contributed by atoms with van der Waals surface area (Å²) in [6, 6.07) is 0. The predicted molar refractivity (Wildman–Crippen MR) is 66.4 cm³/mol. The standard InChI is InChI=1S/C14H22O4/c1-10(2)8-13(16)18-14(9-15)12-5-3-4-11(12)6-7-17-14/h6-7,10-12,15H,3-5,8-9H2,1-2H3. The molecule has 102 valence electrons. The van der Waals surface area contributed by atoms with Crippen molar-refractivity contribution in [1.82, 2.24) is 0 Å². The molecule has 0 spiro atoms. The molecule has 1 aliphatic carbocycles. The number of hydrogen-bond donors (Lipinski definition) is 1. The summed E-state index contributed by atoms with van der Waals surface area (Å²) in [5.74, 6) is -0.755. The van der Waals surface area contributed by atoms with Gasteiger partial charge in [-0.3, -0.25) is 4.79 Å². The Balaban J connectivity index is 2.10. The maximum Gasteiger partial charge on any atom is 0.309 e. The second kappa shape index (κ2) is 5.31. The maximum absolute atomic E-state index is 11.8. The average Bonchev–Trinajstić information content (AvgIpc) is 2.77. The highest BCUT2D eigenvalue weighted by atomic mass is 16.7. The third-order valence-corrected chi connectivity index (χ3v) is 3.81. The van der Waals surface area contributed by atoms with E-state index in [1.165, 1.54) is 0 Å². The van der Waals surface area contributed by atoms with Crippen LogP contribution >= 0.6 is 0 Å². The van der Waals surface area contributed by atoms with Gasteiger partial charge in [0, 0.05) is 12.3 Å². The number of fused-ring (bicyclic) bond motifs is 1. The quantitative estimate of drug-likeness (QED) is 0.782. The van der Waals surface area contributed by atoms with Gasteiger partial charge in [-0.25, -0.2) is 0 Å². The summed E-state index contributed by atoms with van der Waals surface area (Å²) in [6.07, 6.45) is 7.05. The molecule has 3 unspecified atom stereocenters. The van der Waals surface area contributed by atoms with Gasteiger partial charge in [-0.15, -0.1) is 0 Å². The van der Waals surface area contributed by atoms with Crippen LogP contribution in [0.3, 0.4) is 0 Å². The number of rotatable bonds is 4. The Bertz CT molecular complexity index is 337. The lowest BCUT2D eigenvalue weighted by atomic mass is 9.86. The molecule has 0 radical (unpaired) electrons. The zero-order valence-electron chi connectivity index (χ0n) is 11.1. The molecule has 2 aliphatic rings. The summed E-state index contributed by atoms with van der Waals surface area (Å²) in [5, 5.41) is 9.64. The third kappa shape index (κ3) is 2.53. The van der Waals surface area contributed by atoms with Crippen molar-refractivity contribution in [3.05, 3.63) is 12.3 Å². The Morgan fingerprint density at radius 1 is 1.56 bits per heavy atom. The molecular formula is C14H22O4. The number of hydrogen-bond acceptors (Lipinski definition) is 4. The van der Waals surface area contributed by atoms with Gasteiger partial charge >= 0.3 is 5.97 Å². The van der Waals surface area contributed by atoms with Crippen molar-refractivity contribution in [2.45, 2.75) is 45.3 Å². The van der Waals surface area contributed by atoms with Crippen LogP contribution < -0.4 is 0 Å². The smallest absolute Gasteiger partial charge is 0.309 e. The Hall–Kier alpha value is -1.03. The molecule has 0 aromatic carbocycles. The summed E-state index contributed by atoms with van der Waals surface area (Å²) in [5.41, 5.74) is 0. The van der Waals surface area contributed by atoms with E-state index in [9.17, 15) is 9.90 Å². The van der Waals surface area contributed by atoms with E-state index in [1.54, 1.807) is 6.26 Å². The molecule has 0 aromatic heterocycles. The van der Waals surface area contributed by atoms with E-state index >= 15 is 0 Å². The topological polar surface area (TPSA) is 55.8 Å². The van der Waals surface area contributed by atoms with Crippen molar-refractivity contribution in [3.8, 4) is 0 Å². The van der Waals surface area contributed by atoms with Crippen LogP contribution in [0, 0.1) is 17.8 Å². The zero-order chi connectivity index (χ0) is 13.2. The molecule has 1 fully saturated rings. The van der Waals surface area contributed by atoms with Crippen molar-refractivity contribution in [2.75, 3.05) is 6.61 Å². The van der Waals surface area contributed by atoms with Crippen LogP contribution in [-0.2, 0) is 14.3 Å². The van der Waals surface area contributed by atoms with Gasteiger partial charge in [0.2, 0.25) is 0 Å². The minimum Gasteiger partial charge on any atom is -0.458 e. The second-order valence-electron chi connectivity index (χ2n) is 5.69. The molecule has 1 N–H and O–H groups in total. The van der Waals surface area contributed by atoms with Crippen LogP contribution in [0.4, 0.5) is 0 Å². The summed E-state index contributed by atoms with van der Waals surface area (Å²) in [6.45, 7) is 3.65. The Morgan fingerprint density at radius 3 is 3.00 bits per heavy atom. The number of carbonyl (C=O) groups is 1. The Labute approximate surface area is 108 Å². The van der Waals surface area contributed by atoms with Crippen LogP contribution in [0.25, 0.3) is 0 Å². The first-order chi connectivity index (χ1) is 8.57. The minimum atomic E-state index is -1.15. The summed E-state index contributed by atoms with van der Waals surface area (Å²) < 4.78 is 11.0. The molecule has 0 aromatic rings. The van der Waals surface area contributed by atoms with E-state index in [2.05, 4.69) is 0 Å². The molecule has 0 amide bonds. The third-order valence-electron chi connectivity index (χ3n) is 3.81. The Kier molecular flexibility index (Phi) is 3.95. The SMILES string of the molecule is CC(C)CC(=O)OC1(CO)OC=CC2CCCC21. The Morgan fingerprint density at radius 2 is 2.33 bits per heavy atom. The van der Waals surface area contributed by atoms with Gasteiger partial charge < -0.3 is 14.6 Å². The summed E-state index contributed by atoms with van der Waals surface area (Å²) in [7, 11) is 0. The number of aliphatic hydroxyl groups is 1. The molecule has 18 heavy (non-hydrogen) atoms. The van der Waals surface area contributed by atoms with Crippen molar-refractivity contribution < 1.29 is 19.4 Å². The number of allylic oxidation sites excluding steroid dienone is 1. The summed E-state index contributed by atoms with van der Waals surface area (Å²) >= 11 is 0. The number of esters is 1. The van der Waals surface area contributed by atoms with Crippen LogP contribution in [0.15, 0.2) is 12.3 Å².